The topological polar surface area (TPSA) is 107 Å². The number of nitrogens with two attached hydrogens (primary N) is 1. The van der Waals surface area contributed by atoms with Crippen LogP contribution in [0.3, 0.4) is 0 Å². The van der Waals surface area contributed by atoms with E-state index in [1.165, 1.54) is 0 Å². The first-order valence-corrected chi connectivity index (χ1v) is 10.6. The van der Waals surface area contributed by atoms with Crippen LogP contribution in [0.25, 0.3) is 0 Å². The van der Waals surface area contributed by atoms with Gasteiger partial charge < -0.3 is 20.6 Å². The van der Waals surface area contributed by atoms with E-state index >= 15 is 0 Å². The van der Waals surface area contributed by atoms with Crippen LogP contribution in [0.4, 0.5) is 5.69 Å². The molecule has 9 heteroatoms. The second kappa shape index (κ2) is 7.74. The van der Waals surface area contributed by atoms with E-state index in [9.17, 15) is 19.5 Å². The molecule has 162 valence electrons. The zero-order chi connectivity index (χ0) is 21.6. The number of carbonyl (C=O) groups excluding carboxylic acids is 2. The van der Waals surface area contributed by atoms with Crippen LogP contribution in [0.2, 0.25) is 5.02 Å². The molecule has 8 nitrogen and oxygen atoms in total. The van der Waals surface area contributed by atoms with E-state index in [1.807, 2.05) is 29.2 Å². The summed E-state index contributed by atoms with van der Waals surface area (Å²) in [6.07, 6.45) is 0.929. The summed E-state index contributed by atoms with van der Waals surface area (Å²) in [4.78, 5) is 42.7. The molecule has 2 aliphatic heterocycles. The summed E-state index contributed by atoms with van der Waals surface area (Å²) in [5.74, 6) is -2.65. The summed E-state index contributed by atoms with van der Waals surface area (Å²) < 4.78 is 0. The molecule has 4 rings (SSSR count). The molecule has 0 radical (unpaired) electrons. The molecule has 3 aliphatic rings. The predicted molar refractivity (Wildman–Crippen MR) is 112 cm³/mol. The monoisotopic (exact) mass is 434 g/mol. The molecule has 0 bridgehead atoms. The Balaban J connectivity index is 1.43. The second-order valence-electron chi connectivity index (χ2n) is 8.82. The van der Waals surface area contributed by atoms with Gasteiger partial charge in [0.15, 0.2) is 0 Å². The van der Waals surface area contributed by atoms with Crippen molar-refractivity contribution in [3.63, 3.8) is 0 Å². The van der Waals surface area contributed by atoms with Gasteiger partial charge in [0, 0.05) is 49.4 Å². The number of piperazine rings is 1. The van der Waals surface area contributed by atoms with E-state index in [-0.39, 0.29) is 17.7 Å². The molecule has 0 aromatic heterocycles. The molecule has 4 atom stereocenters. The van der Waals surface area contributed by atoms with Gasteiger partial charge >= 0.3 is 5.97 Å². The molecule has 1 spiro atoms. The third-order valence-electron chi connectivity index (χ3n) is 6.93. The number of carbonyl (C=O) groups is 3. The number of halogens is 1. The van der Waals surface area contributed by atoms with E-state index in [0.717, 1.165) is 5.69 Å². The first-order valence-electron chi connectivity index (χ1n) is 10.2. The van der Waals surface area contributed by atoms with Gasteiger partial charge in [0.2, 0.25) is 11.8 Å². The van der Waals surface area contributed by atoms with Crippen molar-refractivity contribution in [2.24, 2.45) is 23.0 Å². The van der Waals surface area contributed by atoms with Gasteiger partial charge in [-0.3, -0.25) is 19.3 Å². The molecule has 1 aromatic carbocycles. The van der Waals surface area contributed by atoms with Crippen molar-refractivity contribution in [3.05, 3.63) is 29.3 Å². The Morgan fingerprint density at radius 3 is 2.27 bits per heavy atom. The summed E-state index contributed by atoms with van der Waals surface area (Å²) >= 11 is 5.96. The number of likely N-dealkylation sites (tertiary alicyclic amines) is 1. The van der Waals surface area contributed by atoms with Gasteiger partial charge in [0.25, 0.3) is 0 Å². The average molecular weight is 435 g/mol. The molecule has 30 heavy (non-hydrogen) atoms. The minimum Gasteiger partial charge on any atom is -0.481 e. The van der Waals surface area contributed by atoms with Crippen molar-refractivity contribution in [2.75, 3.05) is 44.7 Å². The SMILES string of the molecule is CN1CC2(CC(C(=O)O)C1C(=O)N1CCN(c3ccc(Cl)cc3)CC1)CC2C(N)=O. The average Bonchev–Trinajstić information content (AvgIpc) is 3.41. The van der Waals surface area contributed by atoms with Crippen molar-refractivity contribution in [3.8, 4) is 0 Å². The smallest absolute Gasteiger partial charge is 0.308 e. The fourth-order valence-electron chi connectivity index (χ4n) is 5.27. The Kier molecular flexibility index (Phi) is 5.40. The number of nitrogens with zero attached hydrogens (tertiary/aromatic N) is 3. The number of primary amides is 1. The number of piperidine rings is 1. The number of hydrogen-bond donors (Lipinski definition) is 2. The van der Waals surface area contributed by atoms with Crippen molar-refractivity contribution >= 4 is 35.1 Å². The molecule has 1 saturated carbocycles. The van der Waals surface area contributed by atoms with Crippen molar-refractivity contribution in [1.29, 1.82) is 0 Å². The number of aliphatic carboxylic acids is 1. The third-order valence-corrected chi connectivity index (χ3v) is 7.19. The van der Waals surface area contributed by atoms with E-state index < -0.39 is 23.3 Å². The van der Waals surface area contributed by atoms with E-state index in [1.54, 1.807) is 11.9 Å². The van der Waals surface area contributed by atoms with Gasteiger partial charge in [0.1, 0.15) is 6.04 Å². The summed E-state index contributed by atoms with van der Waals surface area (Å²) in [5, 5.41) is 10.5. The van der Waals surface area contributed by atoms with Gasteiger partial charge in [-0.15, -0.1) is 0 Å². The fraction of sp³-hybridized carbons (Fsp3) is 0.571. The highest BCUT2D eigenvalue weighted by molar-refractivity contribution is 6.30. The van der Waals surface area contributed by atoms with E-state index in [0.29, 0.717) is 50.6 Å². The first-order chi connectivity index (χ1) is 14.2. The Hall–Kier alpha value is -2.32. The van der Waals surface area contributed by atoms with E-state index in [4.69, 9.17) is 17.3 Å². The zero-order valence-electron chi connectivity index (χ0n) is 17.0. The lowest BCUT2D eigenvalue weighted by Gasteiger charge is -2.44. The summed E-state index contributed by atoms with van der Waals surface area (Å²) in [6, 6.07) is 6.88. The minimum atomic E-state index is -0.991. The maximum absolute atomic E-state index is 13.3. The fourth-order valence-corrected chi connectivity index (χ4v) is 5.40. The summed E-state index contributed by atoms with van der Waals surface area (Å²) in [7, 11) is 1.78. The number of likely N-dealkylation sites (N-methyl/N-ethyl adjacent to an activating group) is 1. The van der Waals surface area contributed by atoms with Crippen LogP contribution in [0.15, 0.2) is 24.3 Å². The number of benzene rings is 1. The quantitative estimate of drug-likeness (QED) is 0.728. The number of rotatable bonds is 4. The number of amides is 2. The largest absolute Gasteiger partial charge is 0.481 e. The Morgan fingerprint density at radius 1 is 1.10 bits per heavy atom. The van der Waals surface area contributed by atoms with Crippen LogP contribution in [0.1, 0.15) is 12.8 Å². The number of carboxylic acids is 1. The Labute approximate surface area is 180 Å². The Morgan fingerprint density at radius 2 is 1.73 bits per heavy atom. The standard InChI is InChI=1S/C21H27ClN4O4/c1-24-12-21(11-16(21)18(23)27)10-15(20(29)30)17(24)19(28)26-8-6-25(7-9-26)14-4-2-13(22)3-5-14/h2-5,15-17H,6-12H2,1H3,(H2,23,27)(H,29,30). The van der Waals surface area contributed by atoms with Crippen molar-refractivity contribution < 1.29 is 19.5 Å². The number of hydrogen-bond acceptors (Lipinski definition) is 5. The van der Waals surface area contributed by atoms with Crippen molar-refractivity contribution in [2.45, 2.75) is 18.9 Å². The highest BCUT2D eigenvalue weighted by Crippen LogP contribution is 2.59. The van der Waals surface area contributed by atoms with Gasteiger partial charge in [-0.05, 0) is 49.6 Å². The van der Waals surface area contributed by atoms with Crippen LogP contribution in [0.5, 0.6) is 0 Å². The number of anilines is 1. The van der Waals surface area contributed by atoms with Crippen LogP contribution in [-0.4, -0.2) is 78.5 Å². The van der Waals surface area contributed by atoms with Gasteiger partial charge in [0.05, 0.1) is 5.92 Å². The highest BCUT2D eigenvalue weighted by Gasteiger charge is 2.63. The molecule has 1 aromatic rings. The molecule has 2 saturated heterocycles. The maximum atomic E-state index is 13.3. The lowest BCUT2D eigenvalue weighted by Crippen LogP contribution is -2.60. The molecule has 4 unspecified atom stereocenters. The van der Waals surface area contributed by atoms with Crippen LogP contribution in [0, 0.1) is 17.3 Å². The van der Waals surface area contributed by atoms with Gasteiger partial charge in [-0.1, -0.05) is 11.6 Å². The van der Waals surface area contributed by atoms with E-state index in [2.05, 4.69) is 4.90 Å². The van der Waals surface area contributed by atoms with Crippen molar-refractivity contribution in [1.82, 2.24) is 9.80 Å². The molecule has 2 amide bonds. The molecule has 2 heterocycles. The maximum Gasteiger partial charge on any atom is 0.308 e. The zero-order valence-corrected chi connectivity index (χ0v) is 17.7. The third kappa shape index (κ3) is 3.74. The van der Waals surface area contributed by atoms with Crippen LogP contribution in [-0.2, 0) is 14.4 Å². The minimum absolute atomic E-state index is 0.146. The lowest BCUT2D eigenvalue weighted by atomic mass is 9.79. The molecule has 3 N–H and O–H groups in total. The number of carboxylic acid groups (broad SMARTS) is 1. The normalized spacial score (nSPS) is 31.6. The molecule has 1 aliphatic carbocycles. The first kappa shape index (κ1) is 20.9. The Bertz CT molecular complexity index is 855. The van der Waals surface area contributed by atoms with Gasteiger partial charge in [-0.2, -0.15) is 0 Å². The summed E-state index contributed by atoms with van der Waals surface area (Å²) in [6.45, 7) is 2.94. The van der Waals surface area contributed by atoms with Crippen LogP contribution >= 0.6 is 11.6 Å². The van der Waals surface area contributed by atoms with Gasteiger partial charge in [-0.25, -0.2) is 0 Å². The van der Waals surface area contributed by atoms with Crippen LogP contribution < -0.4 is 10.6 Å². The molecular weight excluding hydrogens is 408 g/mol. The second-order valence-corrected chi connectivity index (χ2v) is 9.26. The highest BCUT2D eigenvalue weighted by atomic mass is 35.5. The molecular formula is C21H27ClN4O4. The molecule has 3 fully saturated rings. The predicted octanol–water partition coefficient (Wildman–Crippen LogP) is 0.885. The lowest BCUT2D eigenvalue weighted by molar-refractivity contribution is -0.156. The summed E-state index contributed by atoms with van der Waals surface area (Å²) in [5.41, 5.74) is 6.12.